The van der Waals surface area contributed by atoms with Crippen LogP contribution in [0.4, 0.5) is 4.39 Å². The third-order valence-electron chi connectivity index (χ3n) is 2.85. The minimum atomic E-state index is -0.376. The quantitative estimate of drug-likeness (QED) is 0.756. The standard InChI is InChI=1S/C16H14BrFO2/c1-2-20-14-7-4-11(5-8-14)16(19)9-12-3-6-13(17)10-15(12)18/h3-8,10H,2,9H2,1H3. The zero-order chi connectivity index (χ0) is 14.5. The molecule has 0 saturated carbocycles. The van der Waals surface area contributed by atoms with Crippen LogP contribution < -0.4 is 4.74 Å². The van der Waals surface area contributed by atoms with Gasteiger partial charge in [-0.25, -0.2) is 4.39 Å². The Labute approximate surface area is 125 Å². The maximum absolute atomic E-state index is 13.7. The Hall–Kier alpha value is -1.68. The highest BCUT2D eigenvalue weighted by atomic mass is 79.9. The van der Waals surface area contributed by atoms with E-state index in [1.807, 2.05) is 6.92 Å². The van der Waals surface area contributed by atoms with Gasteiger partial charge in [0.05, 0.1) is 6.61 Å². The molecular weight excluding hydrogens is 323 g/mol. The summed E-state index contributed by atoms with van der Waals surface area (Å²) in [5, 5.41) is 0. The number of hydrogen-bond donors (Lipinski definition) is 0. The largest absolute Gasteiger partial charge is 0.494 e. The van der Waals surface area contributed by atoms with Gasteiger partial charge in [-0.05, 0) is 48.9 Å². The van der Waals surface area contributed by atoms with E-state index < -0.39 is 0 Å². The Morgan fingerprint density at radius 1 is 1.20 bits per heavy atom. The van der Waals surface area contributed by atoms with Crippen molar-refractivity contribution in [2.45, 2.75) is 13.3 Å². The lowest BCUT2D eigenvalue weighted by Crippen LogP contribution is -2.05. The average molecular weight is 337 g/mol. The molecule has 0 aliphatic rings. The molecule has 2 rings (SSSR count). The number of ether oxygens (including phenoxy) is 1. The topological polar surface area (TPSA) is 26.3 Å². The Balaban J connectivity index is 2.11. The first-order chi connectivity index (χ1) is 9.60. The van der Waals surface area contributed by atoms with Crippen molar-refractivity contribution in [1.82, 2.24) is 0 Å². The Morgan fingerprint density at radius 2 is 1.90 bits per heavy atom. The Morgan fingerprint density at radius 3 is 2.50 bits per heavy atom. The van der Waals surface area contributed by atoms with Gasteiger partial charge in [-0.15, -0.1) is 0 Å². The normalized spacial score (nSPS) is 10.3. The van der Waals surface area contributed by atoms with E-state index >= 15 is 0 Å². The molecule has 0 aromatic heterocycles. The highest BCUT2D eigenvalue weighted by molar-refractivity contribution is 9.10. The van der Waals surface area contributed by atoms with Crippen LogP contribution in [0.2, 0.25) is 0 Å². The summed E-state index contributed by atoms with van der Waals surface area (Å²) in [6.45, 7) is 2.48. The molecule has 104 valence electrons. The lowest BCUT2D eigenvalue weighted by Gasteiger charge is -2.06. The predicted molar refractivity (Wildman–Crippen MR) is 79.7 cm³/mol. The number of carbonyl (C=O) groups is 1. The van der Waals surface area contributed by atoms with Crippen molar-refractivity contribution in [2.75, 3.05) is 6.61 Å². The Kier molecular flexibility index (Phi) is 4.90. The van der Waals surface area contributed by atoms with Gasteiger partial charge < -0.3 is 4.74 Å². The van der Waals surface area contributed by atoms with Crippen molar-refractivity contribution < 1.29 is 13.9 Å². The summed E-state index contributed by atoms with van der Waals surface area (Å²) in [6, 6.07) is 11.6. The first-order valence-electron chi connectivity index (χ1n) is 6.30. The summed E-state index contributed by atoms with van der Waals surface area (Å²) in [4.78, 5) is 12.1. The van der Waals surface area contributed by atoms with E-state index in [-0.39, 0.29) is 18.0 Å². The van der Waals surface area contributed by atoms with Crippen LogP contribution in [0.1, 0.15) is 22.8 Å². The second kappa shape index (κ2) is 6.66. The molecule has 0 aliphatic heterocycles. The second-order valence-electron chi connectivity index (χ2n) is 4.29. The first-order valence-corrected chi connectivity index (χ1v) is 7.09. The lowest BCUT2D eigenvalue weighted by molar-refractivity contribution is 0.0992. The SMILES string of the molecule is CCOc1ccc(C(=O)Cc2ccc(Br)cc2F)cc1. The summed E-state index contributed by atoms with van der Waals surface area (Å²) >= 11 is 3.19. The van der Waals surface area contributed by atoms with E-state index in [4.69, 9.17) is 4.74 Å². The fourth-order valence-electron chi connectivity index (χ4n) is 1.84. The maximum atomic E-state index is 13.7. The molecule has 0 amide bonds. The van der Waals surface area contributed by atoms with E-state index in [9.17, 15) is 9.18 Å². The maximum Gasteiger partial charge on any atom is 0.167 e. The van der Waals surface area contributed by atoms with Crippen molar-refractivity contribution >= 4 is 21.7 Å². The molecule has 0 spiro atoms. The van der Waals surface area contributed by atoms with Crippen molar-refractivity contribution in [3.05, 3.63) is 63.9 Å². The average Bonchev–Trinajstić information content (AvgIpc) is 2.43. The number of Topliss-reactive ketones (excluding diaryl/α,β-unsaturated/α-hetero) is 1. The van der Waals surface area contributed by atoms with Crippen molar-refractivity contribution in [1.29, 1.82) is 0 Å². The van der Waals surface area contributed by atoms with Gasteiger partial charge in [-0.1, -0.05) is 22.0 Å². The lowest BCUT2D eigenvalue weighted by atomic mass is 10.0. The smallest absolute Gasteiger partial charge is 0.167 e. The van der Waals surface area contributed by atoms with Gasteiger partial charge in [-0.2, -0.15) is 0 Å². The summed E-state index contributed by atoms with van der Waals surface area (Å²) < 4.78 is 19.7. The van der Waals surface area contributed by atoms with Crippen LogP contribution in [0.3, 0.4) is 0 Å². The summed E-state index contributed by atoms with van der Waals surface area (Å²) in [5.41, 5.74) is 0.947. The van der Waals surface area contributed by atoms with Gasteiger partial charge >= 0.3 is 0 Å². The van der Waals surface area contributed by atoms with E-state index in [0.717, 1.165) is 5.75 Å². The van der Waals surface area contributed by atoms with E-state index in [0.29, 0.717) is 22.2 Å². The Bertz CT molecular complexity index is 608. The molecule has 0 bridgehead atoms. The molecule has 0 atom stereocenters. The number of halogens is 2. The van der Waals surface area contributed by atoms with Crippen molar-refractivity contribution in [2.24, 2.45) is 0 Å². The molecule has 20 heavy (non-hydrogen) atoms. The van der Waals surface area contributed by atoms with Crippen LogP contribution in [0, 0.1) is 5.82 Å². The van der Waals surface area contributed by atoms with Gasteiger partial charge in [0, 0.05) is 16.5 Å². The van der Waals surface area contributed by atoms with Gasteiger partial charge in [0.1, 0.15) is 11.6 Å². The fourth-order valence-corrected chi connectivity index (χ4v) is 2.18. The van der Waals surface area contributed by atoms with Crippen LogP contribution in [-0.4, -0.2) is 12.4 Å². The fraction of sp³-hybridized carbons (Fsp3) is 0.188. The highest BCUT2D eigenvalue weighted by Gasteiger charge is 2.11. The summed E-state index contributed by atoms with van der Waals surface area (Å²) in [5.74, 6) is 0.229. The van der Waals surface area contributed by atoms with E-state index in [2.05, 4.69) is 15.9 Å². The second-order valence-corrected chi connectivity index (χ2v) is 5.21. The van der Waals surface area contributed by atoms with Gasteiger partial charge in [0.25, 0.3) is 0 Å². The molecule has 0 fully saturated rings. The summed E-state index contributed by atoms with van der Waals surface area (Å²) in [6.07, 6.45) is 0.0487. The number of rotatable bonds is 5. The number of benzene rings is 2. The van der Waals surface area contributed by atoms with E-state index in [1.54, 1.807) is 36.4 Å². The molecular formula is C16H14BrFO2. The molecule has 0 N–H and O–H groups in total. The van der Waals surface area contributed by atoms with Crippen LogP contribution in [0.25, 0.3) is 0 Å². The molecule has 2 aromatic carbocycles. The molecule has 2 nitrogen and oxygen atoms in total. The summed E-state index contributed by atoms with van der Waals surface area (Å²) in [7, 11) is 0. The minimum Gasteiger partial charge on any atom is -0.494 e. The zero-order valence-electron chi connectivity index (χ0n) is 11.0. The van der Waals surface area contributed by atoms with Gasteiger partial charge in [0.15, 0.2) is 5.78 Å². The minimum absolute atomic E-state index is 0.0487. The van der Waals surface area contributed by atoms with E-state index in [1.165, 1.54) is 6.07 Å². The first kappa shape index (κ1) is 14.7. The third-order valence-corrected chi connectivity index (χ3v) is 3.35. The van der Waals surface area contributed by atoms with Crippen molar-refractivity contribution in [3.63, 3.8) is 0 Å². The van der Waals surface area contributed by atoms with Crippen LogP contribution in [0.15, 0.2) is 46.9 Å². The number of hydrogen-bond acceptors (Lipinski definition) is 2. The monoisotopic (exact) mass is 336 g/mol. The molecule has 2 aromatic rings. The number of ketones is 1. The number of carbonyl (C=O) groups excluding carboxylic acids is 1. The van der Waals surface area contributed by atoms with Crippen LogP contribution >= 0.6 is 15.9 Å². The molecule has 4 heteroatoms. The van der Waals surface area contributed by atoms with Gasteiger partial charge in [-0.3, -0.25) is 4.79 Å². The third kappa shape index (κ3) is 3.67. The molecule has 0 unspecified atom stereocenters. The highest BCUT2D eigenvalue weighted by Crippen LogP contribution is 2.18. The molecule has 0 radical (unpaired) electrons. The zero-order valence-corrected chi connectivity index (χ0v) is 12.6. The van der Waals surface area contributed by atoms with Crippen molar-refractivity contribution in [3.8, 4) is 5.75 Å². The van der Waals surface area contributed by atoms with Crippen LogP contribution in [0.5, 0.6) is 5.75 Å². The molecule has 0 aliphatic carbocycles. The van der Waals surface area contributed by atoms with Gasteiger partial charge in [0.2, 0.25) is 0 Å². The predicted octanol–water partition coefficient (Wildman–Crippen LogP) is 4.41. The van der Waals surface area contributed by atoms with Crippen LogP contribution in [-0.2, 0) is 6.42 Å². The molecule has 0 saturated heterocycles. The molecule has 0 heterocycles.